The van der Waals surface area contributed by atoms with Gasteiger partial charge in [-0.3, -0.25) is 19.4 Å². The van der Waals surface area contributed by atoms with E-state index in [1.807, 2.05) is 4.90 Å². The van der Waals surface area contributed by atoms with Crippen LogP contribution in [0.2, 0.25) is 0 Å². The molecule has 0 atom stereocenters. The number of hydrogen-bond donors (Lipinski definition) is 0. The van der Waals surface area contributed by atoms with Gasteiger partial charge in [-0.15, -0.1) is 0 Å². The van der Waals surface area contributed by atoms with E-state index in [0.29, 0.717) is 37.4 Å². The summed E-state index contributed by atoms with van der Waals surface area (Å²) in [5, 5.41) is 9.10. The first-order valence-electron chi connectivity index (χ1n) is 7.70. The molecule has 3 heterocycles. The van der Waals surface area contributed by atoms with Crippen LogP contribution in [0.25, 0.3) is 0 Å². The first-order chi connectivity index (χ1) is 11.2. The van der Waals surface area contributed by atoms with Gasteiger partial charge >= 0.3 is 0 Å². The van der Waals surface area contributed by atoms with Gasteiger partial charge in [-0.25, -0.2) is 9.97 Å². The predicted octanol–water partition coefficient (Wildman–Crippen LogP) is -0.381. The van der Waals surface area contributed by atoms with E-state index in [0.717, 1.165) is 26.2 Å². The lowest BCUT2D eigenvalue weighted by atomic mass is 10.3. The molecule has 0 N–H and O–H groups in total. The first kappa shape index (κ1) is 15.4. The van der Waals surface area contributed by atoms with Crippen molar-refractivity contribution in [2.75, 3.05) is 44.2 Å². The number of carbonyl (C=O) groups excluding carboxylic acids is 2. The second-order valence-corrected chi connectivity index (χ2v) is 5.61. The number of hydrogen-bond acceptors (Lipinski definition) is 7. The van der Waals surface area contributed by atoms with Gasteiger partial charge < -0.3 is 4.90 Å². The fourth-order valence-corrected chi connectivity index (χ4v) is 2.94. The van der Waals surface area contributed by atoms with Crippen molar-refractivity contribution in [1.82, 2.24) is 19.8 Å². The Morgan fingerprint density at radius 1 is 1.00 bits per heavy atom. The summed E-state index contributed by atoms with van der Waals surface area (Å²) in [6.45, 7) is 4.25. The summed E-state index contributed by atoms with van der Waals surface area (Å²) in [5.74, 6) is 0.498. The van der Waals surface area contributed by atoms with Gasteiger partial charge in [0.2, 0.25) is 11.8 Å². The minimum Gasteiger partial charge on any atom is -0.352 e. The molecule has 8 heteroatoms. The molecule has 0 unspecified atom stereocenters. The van der Waals surface area contributed by atoms with Gasteiger partial charge in [0.05, 0.1) is 0 Å². The van der Waals surface area contributed by atoms with E-state index in [-0.39, 0.29) is 11.8 Å². The third-order valence-corrected chi connectivity index (χ3v) is 4.25. The van der Waals surface area contributed by atoms with E-state index in [1.165, 1.54) is 11.1 Å². The zero-order valence-electron chi connectivity index (χ0n) is 12.8. The summed E-state index contributed by atoms with van der Waals surface area (Å²) >= 11 is 0. The third-order valence-electron chi connectivity index (χ3n) is 4.25. The largest absolute Gasteiger partial charge is 0.352 e. The second kappa shape index (κ2) is 6.71. The fourth-order valence-electron chi connectivity index (χ4n) is 2.94. The highest BCUT2D eigenvalue weighted by Gasteiger charge is 2.29. The molecule has 2 aliphatic heterocycles. The molecule has 0 radical (unpaired) electrons. The van der Waals surface area contributed by atoms with Crippen LogP contribution in [0.3, 0.4) is 0 Å². The molecule has 0 saturated carbocycles. The number of rotatable bonds is 4. The Bertz CT molecular complexity index is 632. The fraction of sp³-hybridized carbons (Fsp3) is 0.533. The number of likely N-dealkylation sites (tertiary alicyclic amines) is 1. The van der Waals surface area contributed by atoms with Crippen LogP contribution in [0.15, 0.2) is 12.4 Å². The smallest absolute Gasteiger partial charge is 0.229 e. The van der Waals surface area contributed by atoms with Crippen molar-refractivity contribution in [2.45, 2.75) is 12.8 Å². The average molecular weight is 314 g/mol. The van der Waals surface area contributed by atoms with E-state index < -0.39 is 0 Å². The van der Waals surface area contributed by atoms with E-state index in [1.54, 1.807) is 6.20 Å². The molecule has 1 aromatic rings. The molecule has 0 aliphatic carbocycles. The summed E-state index contributed by atoms with van der Waals surface area (Å²) < 4.78 is 0. The van der Waals surface area contributed by atoms with Gasteiger partial charge in [0.25, 0.3) is 0 Å². The molecule has 2 amide bonds. The molecule has 2 saturated heterocycles. The van der Waals surface area contributed by atoms with Crippen LogP contribution in [0.5, 0.6) is 0 Å². The number of nitrogens with zero attached hydrogens (tertiary/aromatic N) is 6. The molecule has 0 aromatic carbocycles. The number of aromatic nitrogens is 2. The Morgan fingerprint density at radius 3 is 2.30 bits per heavy atom. The molecular weight excluding hydrogens is 296 g/mol. The van der Waals surface area contributed by atoms with Crippen molar-refractivity contribution in [1.29, 1.82) is 5.26 Å². The summed E-state index contributed by atoms with van der Waals surface area (Å²) in [6, 6.07) is 2.07. The second-order valence-electron chi connectivity index (χ2n) is 5.61. The topological polar surface area (TPSA) is 93.4 Å². The highest BCUT2D eigenvalue weighted by molar-refractivity contribution is 6.01. The van der Waals surface area contributed by atoms with Crippen molar-refractivity contribution in [3.05, 3.63) is 18.1 Å². The van der Waals surface area contributed by atoms with E-state index in [4.69, 9.17) is 5.26 Å². The van der Waals surface area contributed by atoms with Crippen molar-refractivity contribution in [3.8, 4) is 6.07 Å². The van der Waals surface area contributed by atoms with Crippen molar-refractivity contribution in [3.63, 3.8) is 0 Å². The lowest BCUT2D eigenvalue weighted by molar-refractivity contribution is -0.138. The Kier molecular flexibility index (Phi) is 4.48. The lowest BCUT2D eigenvalue weighted by Gasteiger charge is -2.35. The SMILES string of the molecule is N#Cc1nccnc1N1CCN(CCN2C(=O)CCC2=O)CC1. The molecule has 1 aromatic heterocycles. The predicted molar refractivity (Wildman–Crippen MR) is 81.4 cm³/mol. The van der Waals surface area contributed by atoms with E-state index >= 15 is 0 Å². The highest BCUT2D eigenvalue weighted by Crippen LogP contribution is 2.16. The van der Waals surface area contributed by atoms with E-state index in [2.05, 4.69) is 20.9 Å². The maximum absolute atomic E-state index is 11.6. The van der Waals surface area contributed by atoms with Gasteiger partial charge in [-0.05, 0) is 0 Å². The Morgan fingerprint density at radius 2 is 1.65 bits per heavy atom. The molecular formula is C15H18N6O2. The van der Waals surface area contributed by atoms with Gasteiger partial charge in [0.15, 0.2) is 11.5 Å². The van der Waals surface area contributed by atoms with Crippen LogP contribution < -0.4 is 4.90 Å². The molecule has 120 valence electrons. The normalized spacial score (nSPS) is 19.3. The summed E-state index contributed by atoms with van der Waals surface area (Å²) in [4.78, 5) is 37.1. The van der Waals surface area contributed by atoms with E-state index in [9.17, 15) is 9.59 Å². The van der Waals surface area contributed by atoms with Crippen LogP contribution in [0.4, 0.5) is 5.82 Å². The number of piperazine rings is 1. The van der Waals surface area contributed by atoms with Crippen LogP contribution in [0, 0.1) is 11.3 Å². The van der Waals surface area contributed by atoms with Crippen molar-refractivity contribution in [2.24, 2.45) is 0 Å². The Labute approximate surface area is 134 Å². The minimum atomic E-state index is -0.0631. The maximum Gasteiger partial charge on any atom is 0.229 e. The standard InChI is InChI=1S/C15H18N6O2/c16-11-12-15(18-4-3-17-12)20-8-5-19(6-9-20)7-10-21-13(22)1-2-14(21)23/h3-4H,1-2,5-10H2. The summed E-state index contributed by atoms with van der Waals surface area (Å²) in [7, 11) is 0. The zero-order valence-corrected chi connectivity index (χ0v) is 12.8. The monoisotopic (exact) mass is 314 g/mol. The first-order valence-corrected chi connectivity index (χ1v) is 7.70. The summed E-state index contributed by atoms with van der Waals surface area (Å²) in [5.41, 5.74) is 0.342. The van der Waals surface area contributed by atoms with Crippen LogP contribution in [-0.2, 0) is 9.59 Å². The quantitative estimate of drug-likeness (QED) is 0.699. The number of amides is 2. The zero-order chi connectivity index (χ0) is 16.2. The van der Waals surface area contributed by atoms with Gasteiger partial charge in [0, 0.05) is 64.5 Å². The molecule has 0 bridgehead atoms. The number of imide groups is 1. The number of carbonyl (C=O) groups is 2. The van der Waals surface area contributed by atoms with Gasteiger partial charge in [0.1, 0.15) is 6.07 Å². The van der Waals surface area contributed by atoms with Crippen LogP contribution in [0.1, 0.15) is 18.5 Å². The van der Waals surface area contributed by atoms with Crippen molar-refractivity contribution < 1.29 is 9.59 Å². The molecule has 0 spiro atoms. The Balaban J connectivity index is 1.52. The molecule has 23 heavy (non-hydrogen) atoms. The van der Waals surface area contributed by atoms with Crippen molar-refractivity contribution >= 4 is 17.6 Å². The number of nitriles is 1. The van der Waals surface area contributed by atoms with Crippen LogP contribution in [-0.4, -0.2) is 70.9 Å². The number of anilines is 1. The lowest BCUT2D eigenvalue weighted by Crippen LogP contribution is -2.49. The summed E-state index contributed by atoms with van der Waals surface area (Å²) in [6.07, 6.45) is 3.79. The molecule has 2 fully saturated rings. The Hall–Kier alpha value is -2.53. The van der Waals surface area contributed by atoms with Gasteiger partial charge in [-0.2, -0.15) is 5.26 Å². The molecule has 8 nitrogen and oxygen atoms in total. The van der Waals surface area contributed by atoms with Gasteiger partial charge in [-0.1, -0.05) is 0 Å². The third kappa shape index (κ3) is 3.29. The highest BCUT2D eigenvalue weighted by atomic mass is 16.2. The minimum absolute atomic E-state index is 0.0631. The molecule has 3 rings (SSSR count). The maximum atomic E-state index is 11.6. The average Bonchev–Trinajstić information content (AvgIpc) is 2.92. The molecule has 2 aliphatic rings. The van der Waals surface area contributed by atoms with Crippen LogP contribution >= 0.6 is 0 Å².